The lowest BCUT2D eigenvalue weighted by atomic mass is 10.2. The van der Waals surface area contributed by atoms with E-state index in [1.807, 2.05) is 43.9 Å². The van der Waals surface area contributed by atoms with Crippen molar-refractivity contribution in [1.29, 1.82) is 0 Å². The summed E-state index contributed by atoms with van der Waals surface area (Å²) in [4.78, 5) is 18.2. The number of rotatable bonds is 3. The molecule has 116 valence electrons. The van der Waals surface area contributed by atoms with Crippen LogP contribution in [0.3, 0.4) is 0 Å². The summed E-state index contributed by atoms with van der Waals surface area (Å²) >= 11 is 5.12. The number of halogens is 1. The summed E-state index contributed by atoms with van der Waals surface area (Å²) < 4.78 is 6.27. The van der Waals surface area contributed by atoms with Crippen molar-refractivity contribution in [2.24, 2.45) is 5.92 Å². The van der Waals surface area contributed by atoms with E-state index in [2.05, 4.69) is 20.9 Å². The fourth-order valence-electron chi connectivity index (χ4n) is 2.13. The molecule has 0 saturated carbocycles. The first-order valence-electron chi connectivity index (χ1n) is 7.07. The lowest BCUT2D eigenvalue weighted by Crippen LogP contribution is -2.35. The standard InChI is InChI=1S/C15H21BrN2O2S/c1-15(2,3)20-14(19)18-8-7-11(9-18)10-21-13-6-4-5-12(16)17-13/h4-6,11H,7-10H2,1-3H3/t11-/m1/s1. The molecule has 0 spiro atoms. The Labute approximate surface area is 138 Å². The van der Waals surface area contributed by atoms with Crippen LogP contribution in [0.4, 0.5) is 4.79 Å². The molecule has 4 nitrogen and oxygen atoms in total. The van der Waals surface area contributed by atoms with Crippen LogP contribution in [0.2, 0.25) is 0 Å². The average Bonchev–Trinajstić information content (AvgIpc) is 2.83. The van der Waals surface area contributed by atoms with E-state index >= 15 is 0 Å². The number of pyridine rings is 1. The number of carbonyl (C=O) groups excluding carboxylic acids is 1. The quantitative estimate of drug-likeness (QED) is 0.589. The smallest absolute Gasteiger partial charge is 0.410 e. The molecular formula is C15H21BrN2O2S. The zero-order valence-corrected chi connectivity index (χ0v) is 15.0. The van der Waals surface area contributed by atoms with Crippen LogP contribution >= 0.6 is 27.7 Å². The fraction of sp³-hybridized carbons (Fsp3) is 0.600. The van der Waals surface area contributed by atoms with Gasteiger partial charge in [0.2, 0.25) is 0 Å². The van der Waals surface area contributed by atoms with Gasteiger partial charge in [-0.05, 0) is 61.2 Å². The predicted octanol–water partition coefficient (Wildman–Crippen LogP) is 4.19. The van der Waals surface area contributed by atoms with Crippen LogP contribution in [0.1, 0.15) is 27.2 Å². The molecule has 0 aliphatic carbocycles. The number of thioether (sulfide) groups is 1. The maximum Gasteiger partial charge on any atom is 0.410 e. The molecule has 0 radical (unpaired) electrons. The summed E-state index contributed by atoms with van der Waals surface area (Å²) in [7, 11) is 0. The Morgan fingerprint density at radius 3 is 2.95 bits per heavy atom. The third-order valence-corrected chi connectivity index (χ3v) is 4.70. The van der Waals surface area contributed by atoms with Crippen LogP contribution in [0.25, 0.3) is 0 Å². The molecule has 2 rings (SSSR count). The van der Waals surface area contributed by atoms with Crippen LogP contribution in [0.5, 0.6) is 0 Å². The lowest BCUT2D eigenvalue weighted by molar-refractivity contribution is 0.0289. The van der Waals surface area contributed by atoms with Gasteiger partial charge in [0.15, 0.2) is 0 Å². The molecule has 0 aromatic carbocycles. The maximum absolute atomic E-state index is 12.0. The highest BCUT2D eigenvalue weighted by Gasteiger charge is 2.29. The third-order valence-electron chi connectivity index (χ3n) is 3.09. The van der Waals surface area contributed by atoms with Crippen LogP contribution in [-0.2, 0) is 4.74 Å². The van der Waals surface area contributed by atoms with Gasteiger partial charge in [-0.25, -0.2) is 9.78 Å². The number of nitrogens with zero attached hydrogens (tertiary/aromatic N) is 2. The Bertz CT molecular complexity index is 505. The van der Waals surface area contributed by atoms with Crippen LogP contribution in [-0.4, -0.2) is 40.4 Å². The highest BCUT2D eigenvalue weighted by Crippen LogP contribution is 2.26. The summed E-state index contributed by atoms with van der Waals surface area (Å²) in [6.45, 7) is 7.25. The first-order chi connectivity index (χ1) is 9.83. The summed E-state index contributed by atoms with van der Waals surface area (Å²) in [6.07, 6.45) is 0.829. The molecule has 6 heteroatoms. The first kappa shape index (κ1) is 16.6. The van der Waals surface area contributed by atoms with Gasteiger partial charge in [0.05, 0.1) is 5.03 Å². The molecule has 0 bridgehead atoms. The number of hydrogen-bond donors (Lipinski definition) is 0. The van der Waals surface area contributed by atoms with Gasteiger partial charge < -0.3 is 9.64 Å². The molecule has 1 atom stereocenters. The molecule has 1 aromatic rings. The SMILES string of the molecule is CC(C)(C)OC(=O)N1CC[C@@H](CSc2cccc(Br)n2)C1. The van der Waals surface area contributed by atoms with Crippen molar-refractivity contribution < 1.29 is 9.53 Å². The third kappa shape index (κ3) is 5.51. The summed E-state index contributed by atoms with van der Waals surface area (Å²) in [5, 5.41) is 1.01. The minimum atomic E-state index is -0.426. The van der Waals surface area contributed by atoms with E-state index in [1.54, 1.807) is 11.8 Å². The molecule has 1 aromatic heterocycles. The molecular weight excluding hydrogens is 352 g/mol. The monoisotopic (exact) mass is 372 g/mol. The number of ether oxygens (including phenoxy) is 1. The summed E-state index contributed by atoms with van der Waals surface area (Å²) in [6, 6.07) is 5.92. The molecule has 1 fully saturated rings. The number of carbonyl (C=O) groups is 1. The summed E-state index contributed by atoms with van der Waals surface area (Å²) in [5.74, 6) is 1.48. The van der Waals surface area contributed by atoms with Gasteiger partial charge in [-0.15, -0.1) is 11.8 Å². The van der Waals surface area contributed by atoms with Crippen molar-refractivity contribution in [2.75, 3.05) is 18.8 Å². The molecule has 21 heavy (non-hydrogen) atoms. The lowest BCUT2D eigenvalue weighted by Gasteiger charge is -2.24. The van der Waals surface area contributed by atoms with E-state index in [9.17, 15) is 4.79 Å². The molecule has 1 aliphatic rings. The maximum atomic E-state index is 12.0. The Morgan fingerprint density at radius 2 is 2.29 bits per heavy atom. The van der Waals surface area contributed by atoms with Crippen LogP contribution in [0.15, 0.2) is 27.8 Å². The molecule has 0 N–H and O–H groups in total. The number of hydrogen-bond acceptors (Lipinski definition) is 4. The first-order valence-corrected chi connectivity index (χ1v) is 8.84. The van der Waals surface area contributed by atoms with Gasteiger partial charge in [0.1, 0.15) is 10.2 Å². The van der Waals surface area contributed by atoms with E-state index in [4.69, 9.17) is 4.74 Å². The van der Waals surface area contributed by atoms with E-state index < -0.39 is 5.60 Å². The van der Waals surface area contributed by atoms with Gasteiger partial charge in [-0.1, -0.05) is 6.07 Å². The largest absolute Gasteiger partial charge is 0.444 e. The molecule has 1 saturated heterocycles. The highest BCUT2D eigenvalue weighted by atomic mass is 79.9. The average molecular weight is 373 g/mol. The molecule has 2 heterocycles. The van der Waals surface area contributed by atoms with E-state index in [0.717, 1.165) is 34.9 Å². The van der Waals surface area contributed by atoms with Crippen molar-refractivity contribution in [3.63, 3.8) is 0 Å². The highest BCUT2D eigenvalue weighted by molar-refractivity contribution is 9.10. The van der Waals surface area contributed by atoms with E-state index in [0.29, 0.717) is 5.92 Å². The van der Waals surface area contributed by atoms with E-state index in [1.165, 1.54) is 0 Å². The second-order valence-corrected chi connectivity index (χ2v) is 8.04. The molecule has 0 unspecified atom stereocenters. The predicted molar refractivity (Wildman–Crippen MR) is 88.6 cm³/mol. The minimum absolute atomic E-state index is 0.199. The zero-order valence-electron chi connectivity index (χ0n) is 12.6. The second-order valence-electron chi connectivity index (χ2n) is 6.19. The van der Waals surface area contributed by atoms with Crippen LogP contribution in [0, 0.1) is 5.92 Å². The number of aromatic nitrogens is 1. The van der Waals surface area contributed by atoms with Crippen molar-refractivity contribution in [3.05, 3.63) is 22.8 Å². The normalized spacial score (nSPS) is 18.9. The minimum Gasteiger partial charge on any atom is -0.444 e. The Balaban J connectivity index is 1.79. The van der Waals surface area contributed by atoms with Gasteiger partial charge in [-0.3, -0.25) is 0 Å². The van der Waals surface area contributed by atoms with Gasteiger partial charge in [0.25, 0.3) is 0 Å². The van der Waals surface area contributed by atoms with Crippen molar-refractivity contribution >= 4 is 33.8 Å². The second kappa shape index (κ2) is 7.01. The number of likely N-dealkylation sites (tertiary alicyclic amines) is 1. The Hall–Kier alpha value is -0.750. The van der Waals surface area contributed by atoms with Gasteiger partial charge >= 0.3 is 6.09 Å². The van der Waals surface area contributed by atoms with Crippen molar-refractivity contribution in [2.45, 2.75) is 37.8 Å². The number of amides is 1. The Morgan fingerprint density at radius 1 is 1.52 bits per heavy atom. The van der Waals surface area contributed by atoms with Crippen LogP contribution < -0.4 is 0 Å². The van der Waals surface area contributed by atoms with Gasteiger partial charge in [-0.2, -0.15) is 0 Å². The Kier molecular flexibility index (Phi) is 5.54. The zero-order chi connectivity index (χ0) is 15.5. The van der Waals surface area contributed by atoms with E-state index in [-0.39, 0.29) is 6.09 Å². The molecule has 1 amide bonds. The van der Waals surface area contributed by atoms with Crippen molar-refractivity contribution in [1.82, 2.24) is 9.88 Å². The molecule has 1 aliphatic heterocycles. The summed E-state index contributed by atoms with van der Waals surface area (Å²) in [5.41, 5.74) is -0.426. The topological polar surface area (TPSA) is 42.4 Å². The fourth-order valence-corrected chi connectivity index (χ4v) is 3.61. The van der Waals surface area contributed by atoms with Crippen molar-refractivity contribution in [3.8, 4) is 0 Å². The van der Waals surface area contributed by atoms with Gasteiger partial charge in [0, 0.05) is 18.8 Å².